The lowest BCUT2D eigenvalue weighted by Gasteiger charge is -2.29. The fourth-order valence-electron chi connectivity index (χ4n) is 2.85. The average molecular weight is 295 g/mol. The standard InChI is InChI=1S/C17H27ClN2/c1-14(12-19-16-9-4-3-5-10-16)20(2)13-15-8-6-7-11-17(15)18/h6-8,11,14,16,19H,3-5,9-10,12-13H2,1-2H3. The molecule has 20 heavy (non-hydrogen) atoms. The van der Waals surface area contributed by atoms with Gasteiger partial charge < -0.3 is 5.32 Å². The van der Waals surface area contributed by atoms with Crippen LogP contribution < -0.4 is 5.32 Å². The van der Waals surface area contributed by atoms with Gasteiger partial charge in [0.15, 0.2) is 0 Å². The molecule has 1 fully saturated rings. The minimum absolute atomic E-state index is 0.521. The van der Waals surface area contributed by atoms with E-state index in [1.165, 1.54) is 37.7 Å². The molecular formula is C17H27ClN2. The van der Waals surface area contributed by atoms with Crippen LogP contribution in [-0.4, -0.2) is 30.6 Å². The highest BCUT2D eigenvalue weighted by Gasteiger charge is 2.16. The maximum Gasteiger partial charge on any atom is 0.0451 e. The molecule has 1 saturated carbocycles. The van der Waals surface area contributed by atoms with Crippen LogP contribution >= 0.6 is 11.6 Å². The number of nitrogens with zero attached hydrogens (tertiary/aromatic N) is 1. The second-order valence-electron chi connectivity index (χ2n) is 6.10. The molecule has 1 aliphatic carbocycles. The van der Waals surface area contributed by atoms with Crippen LogP contribution in [0, 0.1) is 0 Å². The Bertz CT molecular complexity index is 402. The summed E-state index contributed by atoms with van der Waals surface area (Å²) in [7, 11) is 2.18. The maximum atomic E-state index is 6.23. The summed E-state index contributed by atoms with van der Waals surface area (Å²) in [6, 6.07) is 9.38. The van der Waals surface area contributed by atoms with Crippen molar-refractivity contribution < 1.29 is 0 Å². The summed E-state index contributed by atoms with van der Waals surface area (Å²) in [5.41, 5.74) is 1.21. The van der Waals surface area contributed by atoms with Gasteiger partial charge in [0.05, 0.1) is 0 Å². The van der Waals surface area contributed by atoms with E-state index in [0.717, 1.165) is 24.2 Å². The van der Waals surface area contributed by atoms with Crippen LogP contribution in [0.3, 0.4) is 0 Å². The monoisotopic (exact) mass is 294 g/mol. The third kappa shape index (κ3) is 4.76. The number of likely N-dealkylation sites (N-methyl/N-ethyl adjacent to an activating group) is 1. The van der Waals surface area contributed by atoms with Crippen LogP contribution in [0.15, 0.2) is 24.3 Å². The van der Waals surface area contributed by atoms with E-state index >= 15 is 0 Å². The van der Waals surface area contributed by atoms with E-state index in [-0.39, 0.29) is 0 Å². The van der Waals surface area contributed by atoms with Gasteiger partial charge in [-0.2, -0.15) is 0 Å². The Labute approximate surface area is 128 Å². The number of halogens is 1. The summed E-state index contributed by atoms with van der Waals surface area (Å²) in [6.07, 6.45) is 6.89. The average Bonchev–Trinajstić information content (AvgIpc) is 2.48. The van der Waals surface area contributed by atoms with Gasteiger partial charge in [0.2, 0.25) is 0 Å². The highest BCUT2D eigenvalue weighted by atomic mass is 35.5. The summed E-state index contributed by atoms with van der Waals surface area (Å²) < 4.78 is 0. The second-order valence-corrected chi connectivity index (χ2v) is 6.51. The quantitative estimate of drug-likeness (QED) is 0.850. The Balaban J connectivity index is 1.76. The first-order chi connectivity index (χ1) is 9.66. The summed E-state index contributed by atoms with van der Waals surface area (Å²) >= 11 is 6.23. The molecule has 0 bridgehead atoms. The van der Waals surface area contributed by atoms with Gasteiger partial charge in [-0.25, -0.2) is 0 Å². The molecule has 0 heterocycles. The van der Waals surface area contributed by atoms with E-state index in [2.05, 4.69) is 36.3 Å². The van der Waals surface area contributed by atoms with E-state index in [1.807, 2.05) is 12.1 Å². The first-order valence-electron chi connectivity index (χ1n) is 7.84. The van der Waals surface area contributed by atoms with Crippen LogP contribution in [0.25, 0.3) is 0 Å². The van der Waals surface area contributed by atoms with Crippen molar-refractivity contribution in [2.75, 3.05) is 13.6 Å². The molecular weight excluding hydrogens is 268 g/mol. The predicted molar refractivity (Wildman–Crippen MR) is 87.3 cm³/mol. The molecule has 0 radical (unpaired) electrons. The number of hydrogen-bond acceptors (Lipinski definition) is 2. The van der Waals surface area contributed by atoms with Crippen molar-refractivity contribution in [3.8, 4) is 0 Å². The third-order valence-electron chi connectivity index (χ3n) is 4.44. The van der Waals surface area contributed by atoms with Crippen molar-refractivity contribution in [2.45, 2.75) is 57.7 Å². The predicted octanol–water partition coefficient (Wildman–Crippen LogP) is 4.08. The molecule has 1 unspecified atom stereocenters. The molecule has 0 saturated heterocycles. The van der Waals surface area contributed by atoms with Gasteiger partial charge in [-0.1, -0.05) is 49.1 Å². The van der Waals surface area contributed by atoms with Crippen molar-refractivity contribution in [3.05, 3.63) is 34.9 Å². The van der Waals surface area contributed by atoms with Gasteiger partial charge in [-0.15, -0.1) is 0 Å². The van der Waals surface area contributed by atoms with Crippen LogP contribution in [0.4, 0.5) is 0 Å². The Hall–Kier alpha value is -0.570. The van der Waals surface area contributed by atoms with Gasteiger partial charge in [0, 0.05) is 30.2 Å². The molecule has 1 N–H and O–H groups in total. The lowest BCUT2D eigenvalue weighted by Crippen LogP contribution is -2.42. The normalized spacial score (nSPS) is 18.4. The van der Waals surface area contributed by atoms with E-state index in [1.54, 1.807) is 0 Å². The number of rotatable bonds is 6. The first-order valence-corrected chi connectivity index (χ1v) is 8.21. The molecule has 112 valence electrons. The van der Waals surface area contributed by atoms with Crippen molar-refractivity contribution in [1.82, 2.24) is 10.2 Å². The van der Waals surface area contributed by atoms with Crippen molar-refractivity contribution in [2.24, 2.45) is 0 Å². The molecule has 2 nitrogen and oxygen atoms in total. The third-order valence-corrected chi connectivity index (χ3v) is 4.81. The lowest BCUT2D eigenvalue weighted by atomic mass is 9.95. The van der Waals surface area contributed by atoms with Gasteiger partial charge >= 0.3 is 0 Å². The van der Waals surface area contributed by atoms with Gasteiger partial charge in [0.25, 0.3) is 0 Å². The minimum atomic E-state index is 0.521. The Kier molecular flexibility index (Phi) is 6.34. The van der Waals surface area contributed by atoms with Crippen molar-refractivity contribution in [3.63, 3.8) is 0 Å². The molecule has 0 aliphatic heterocycles. The molecule has 0 spiro atoms. The zero-order valence-electron chi connectivity index (χ0n) is 12.7. The highest BCUT2D eigenvalue weighted by Crippen LogP contribution is 2.19. The molecule has 0 aromatic heterocycles. The van der Waals surface area contributed by atoms with Gasteiger partial charge in [-0.3, -0.25) is 4.90 Å². The van der Waals surface area contributed by atoms with E-state index in [0.29, 0.717) is 6.04 Å². The van der Waals surface area contributed by atoms with Crippen LogP contribution in [0.1, 0.15) is 44.6 Å². The Morgan fingerprint density at radius 1 is 1.25 bits per heavy atom. The maximum absolute atomic E-state index is 6.23. The van der Waals surface area contributed by atoms with E-state index in [4.69, 9.17) is 11.6 Å². The number of nitrogens with one attached hydrogen (secondary N) is 1. The summed E-state index contributed by atoms with van der Waals surface area (Å²) in [5, 5.41) is 4.60. The minimum Gasteiger partial charge on any atom is -0.312 e. The van der Waals surface area contributed by atoms with Crippen molar-refractivity contribution >= 4 is 11.6 Å². The van der Waals surface area contributed by atoms with E-state index in [9.17, 15) is 0 Å². The highest BCUT2D eigenvalue weighted by molar-refractivity contribution is 6.31. The fourth-order valence-corrected chi connectivity index (χ4v) is 3.05. The molecule has 1 aromatic carbocycles. The van der Waals surface area contributed by atoms with E-state index < -0.39 is 0 Å². The molecule has 2 rings (SSSR count). The number of hydrogen-bond donors (Lipinski definition) is 1. The smallest absolute Gasteiger partial charge is 0.0451 e. The molecule has 1 aliphatic rings. The molecule has 3 heteroatoms. The Morgan fingerprint density at radius 2 is 1.95 bits per heavy atom. The topological polar surface area (TPSA) is 15.3 Å². The lowest BCUT2D eigenvalue weighted by molar-refractivity contribution is 0.230. The second kappa shape index (κ2) is 8.02. The Morgan fingerprint density at radius 3 is 2.65 bits per heavy atom. The largest absolute Gasteiger partial charge is 0.312 e. The summed E-state index contributed by atoms with van der Waals surface area (Å²) in [4.78, 5) is 2.37. The van der Waals surface area contributed by atoms with Gasteiger partial charge in [0.1, 0.15) is 0 Å². The van der Waals surface area contributed by atoms with Crippen LogP contribution in [0.2, 0.25) is 5.02 Å². The summed E-state index contributed by atoms with van der Waals surface area (Å²) in [5.74, 6) is 0. The van der Waals surface area contributed by atoms with Crippen LogP contribution in [-0.2, 0) is 6.54 Å². The summed E-state index contributed by atoms with van der Waals surface area (Å²) in [6.45, 7) is 4.26. The number of benzene rings is 1. The zero-order valence-corrected chi connectivity index (χ0v) is 13.5. The molecule has 0 amide bonds. The first kappa shape index (κ1) is 15.8. The molecule has 1 atom stereocenters. The fraction of sp³-hybridized carbons (Fsp3) is 0.647. The zero-order chi connectivity index (χ0) is 14.4. The SMILES string of the molecule is CC(CNC1CCCCC1)N(C)Cc1ccccc1Cl. The van der Waals surface area contributed by atoms with Crippen molar-refractivity contribution in [1.29, 1.82) is 0 Å². The molecule has 1 aromatic rings. The van der Waals surface area contributed by atoms with Gasteiger partial charge in [-0.05, 0) is 38.4 Å². The van der Waals surface area contributed by atoms with Crippen LogP contribution in [0.5, 0.6) is 0 Å².